The Kier molecular flexibility index (Phi) is 7.82. The Hall–Kier alpha value is -7.05. The second-order valence-corrected chi connectivity index (χ2v) is 15.1. The van der Waals surface area contributed by atoms with Gasteiger partial charge in [0, 0.05) is 49.9 Å². The van der Waals surface area contributed by atoms with Crippen LogP contribution in [-0.4, -0.2) is 31.1 Å². The molecule has 2 aliphatic carbocycles. The standard InChI is InChI=1S/C50H36N4O2/c1-50(2)41-27-35(45(55)31-15-7-3-8-16-31)23-25-37(41)39-29-40-38-26-24-36(46(56)32-17-9-4-10-18-32)28-43(38)54(44(40)30-42(39)50)49-52-47(33-19-11-5-12-20-33)51-48(53-49)34-21-13-6-14-22-34/h3-21,23-30,34H,22H2,1-2H3. The molecule has 6 nitrogen and oxygen atoms in total. The van der Waals surface area contributed by atoms with E-state index in [-0.39, 0.29) is 17.5 Å². The second-order valence-electron chi connectivity index (χ2n) is 15.1. The summed E-state index contributed by atoms with van der Waals surface area (Å²) in [6.45, 7) is 4.45. The van der Waals surface area contributed by atoms with Crippen molar-refractivity contribution in [2.24, 2.45) is 0 Å². The summed E-state index contributed by atoms with van der Waals surface area (Å²) in [7, 11) is 0. The number of hydrogen-bond donors (Lipinski definition) is 0. The molecule has 10 rings (SSSR count). The van der Waals surface area contributed by atoms with Crippen LogP contribution in [0.4, 0.5) is 0 Å². The van der Waals surface area contributed by atoms with Gasteiger partial charge in [-0.25, -0.2) is 4.98 Å². The van der Waals surface area contributed by atoms with E-state index in [1.54, 1.807) is 0 Å². The highest BCUT2D eigenvalue weighted by atomic mass is 16.1. The molecule has 0 saturated heterocycles. The Morgan fingerprint density at radius 1 is 0.589 bits per heavy atom. The normalized spacial score (nSPS) is 15.2. The highest BCUT2D eigenvalue weighted by Crippen LogP contribution is 2.51. The first-order chi connectivity index (χ1) is 27.3. The lowest BCUT2D eigenvalue weighted by atomic mass is 9.81. The Morgan fingerprint density at radius 2 is 1.21 bits per heavy atom. The molecule has 0 aliphatic heterocycles. The van der Waals surface area contributed by atoms with Gasteiger partial charge in [0.15, 0.2) is 17.4 Å². The molecule has 2 aromatic heterocycles. The minimum atomic E-state index is -0.416. The number of benzene rings is 6. The second kappa shape index (κ2) is 13.1. The topological polar surface area (TPSA) is 77.7 Å². The SMILES string of the molecule is CC1(C)c2cc(C(=O)c3ccccc3)ccc2-c2cc3c4ccc(C(=O)c5ccccc5)cc4n(-c4nc(-c5ccccc5)nc(C5C=CC=CC5)n4)c3cc21. The average molecular weight is 725 g/mol. The lowest BCUT2D eigenvalue weighted by Gasteiger charge is -2.22. The summed E-state index contributed by atoms with van der Waals surface area (Å²) < 4.78 is 2.11. The fourth-order valence-corrected chi connectivity index (χ4v) is 8.39. The zero-order valence-electron chi connectivity index (χ0n) is 31.0. The van der Waals surface area contributed by atoms with Crippen molar-refractivity contribution in [2.45, 2.75) is 31.6 Å². The average Bonchev–Trinajstić information content (AvgIpc) is 3.70. The van der Waals surface area contributed by atoms with Gasteiger partial charge in [-0.2, -0.15) is 9.97 Å². The molecule has 0 amide bonds. The van der Waals surface area contributed by atoms with Gasteiger partial charge in [0.25, 0.3) is 0 Å². The quantitative estimate of drug-likeness (QED) is 0.153. The zero-order chi connectivity index (χ0) is 38.0. The number of ketones is 2. The summed E-state index contributed by atoms with van der Waals surface area (Å²) >= 11 is 0. The predicted molar refractivity (Wildman–Crippen MR) is 223 cm³/mol. The van der Waals surface area contributed by atoms with Crippen molar-refractivity contribution >= 4 is 33.4 Å². The van der Waals surface area contributed by atoms with E-state index in [1.807, 2.05) is 121 Å². The third kappa shape index (κ3) is 5.44. The zero-order valence-corrected chi connectivity index (χ0v) is 31.0. The number of allylic oxidation sites excluding steroid dienone is 4. The van der Waals surface area contributed by atoms with Crippen LogP contribution in [0.5, 0.6) is 0 Å². The minimum absolute atomic E-state index is 0.00627. The molecule has 0 N–H and O–H groups in total. The Labute approximate surface area is 324 Å². The van der Waals surface area contributed by atoms with Crippen LogP contribution in [0.1, 0.15) is 75.0 Å². The number of aromatic nitrogens is 4. The number of hydrogen-bond acceptors (Lipinski definition) is 5. The molecule has 268 valence electrons. The lowest BCUT2D eigenvalue weighted by Crippen LogP contribution is -2.16. The molecule has 0 spiro atoms. The number of carbonyl (C=O) groups is 2. The Balaban J connectivity index is 1.22. The van der Waals surface area contributed by atoms with E-state index in [4.69, 9.17) is 15.0 Å². The largest absolute Gasteiger partial charge is 0.289 e. The van der Waals surface area contributed by atoms with Gasteiger partial charge >= 0.3 is 0 Å². The molecule has 8 aromatic rings. The van der Waals surface area contributed by atoms with Gasteiger partial charge in [0.05, 0.1) is 11.0 Å². The molecule has 6 aromatic carbocycles. The summed E-state index contributed by atoms with van der Waals surface area (Å²) in [4.78, 5) is 43.0. The molecule has 1 atom stereocenters. The number of carbonyl (C=O) groups excluding carboxylic acids is 2. The van der Waals surface area contributed by atoms with Gasteiger partial charge < -0.3 is 0 Å². The molecular formula is C50H36N4O2. The van der Waals surface area contributed by atoms with Gasteiger partial charge in [-0.15, -0.1) is 0 Å². The first-order valence-electron chi connectivity index (χ1n) is 19.0. The van der Waals surface area contributed by atoms with Gasteiger partial charge in [0.1, 0.15) is 5.82 Å². The number of fused-ring (bicyclic) bond motifs is 6. The summed E-state index contributed by atoms with van der Waals surface area (Å²) in [6.07, 6.45) is 9.16. The van der Waals surface area contributed by atoms with Crippen molar-refractivity contribution in [3.05, 3.63) is 203 Å². The van der Waals surface area contributed by atoms with Crippen LogP contribution < -0.4 is 0 Å². The van der Waals surface area contributed by atoms with Crippen LogP contribution in [0.15, 0.2) is 164 Å². The van der Waals surface area contributed by atoms with E-state index < -0.39 is 5.41 Å². The van der Waals surface area contributed by atoms with Crippen LogP contribution in [0.3, 0.4) is 0 Å². The fraction of sp³-hybridized carbons (Fsp3) is 0.100. The Morgan fingerprint density at radius 3 is 1.89 bits per heavy atom. The van der Waals surface area contributed by atoms with Crippen molar-refractivity contribution in [2.75, 3.05) is 0 Å². The van der Waals surface area contributed by atoms with Crippen molar-refractivity contribution in [3.63, 3.8) is 0 Å². The smallest absolute Gasteiger partial charge is 0.238 e. The van der Waals surface area contributed by atoms with Gasteiger partial charge in [-0.05, 0) is 52.9 Å². The highest BCUT2D eigenvalue weighted by molar-refractivity contribution is 6.16. The van der Waals surface area contributed by atoms with Gasteiger partial charge in [0.2, 0.25) is 5.95 Å². The van der Waals surface area contributed by atoms with Crippen LogP contribution in [-0.2, 0) is 5.41 Å². The van der Waals surface area contributed by atoms with Crippen LogP contribution in [0, 0.1) is 0 Å². The van der Waals surface area contributed by atoms with Crippen LogP contribution in [0.25, 0.3) is 50.3 Å². The van der Waals surface area contributed by atoms with Crippen molar-refractivity contribution in [1.82, 2.24) is 19.5 Å². The van der Waals surface area contributed by atoms with E-state index in [0.717, 1.165) is 56.0 Å². The summed E-state index contributed by atoms with van der Waals surface area (Å²) in [5.41, 5.74) is 9.29. The van der Waals surface area contributed by atoms with E-state index in [1.165, 1.54) is 0 Å². The third-order valence-electron chi connectivity index (χ3n) is 11.3. The third-order valence-corrected chi connectivity index (χ3v) is 11.3. The first kappa shape index (κ1) is 33.5. The molecule has 6 heteroatoms. The van der Waals surface area contributed by atoms with Crippen LogP contribution >= 0.6 is 0 Å². The van der Waals surface area contributed by atoms with Crippen molar-refractivity contribution in [1.29, 1.82) is 0 Å². The molecule has 0 fully saturated rings. The van der Waals surface area contributed by atoms with Crippen molar-refractivity contribution < 1.29 is 9.59 Å². The van der Waals surface area contributed by atoms with E-state index >= 15 is 0 Å². The maximum absolute atomic E-state index is 13.9. The predicted octanol–water partition coefficient (Wildman–Crippen LogP) is 11.0. The summed E-state index contributed by atoms with van der Waals surface area (Å²) in [5, 5.41) is 2.01. The summed E-state index contributed by atoms with van der Waals surface area (Å²) in [5.74, 6) is 1.70. The molecule has 56 heavy (non-hydrogen) atoms. The van der Waals surface area contributed by atoms with Crippen LogP contribution in [0.2, 0.25) is 0 Å². The molecule has 2 heterocycles. The minimum Gasteiger partial charge on any atom is -0.289 e. The monoisotopic (exact) mass is 724 g/mol. The van der Waals surface area contributed by atoms with Gasteiger partial charge in [-0.3, -0.25) is 14.2 Å². The molecule has 0 bridgehead atoms. The van der Waals surface area contributed by atoms with Gasteiger partial charge in [-0.1, -0.05) is 153 Å². The number of nitrogens with zero attached hydrogens (tertiary/aromatic N) is 4. The van der Waals surface area contributed by atoms with E-state index in [0.29, 0.717) is 39.9 Å². The molecule has 2 aliphatic rings. The lowest BCUT2D eigenvalue weighted by molar-refractivity contribution is 0.103. The molecular weight excluding hydrogens is 689 g/mol. The fourth-order valence-electron chi connectivity index (χ4n) is 8.39. The molecule has 0 saturated carbocycles. The number of rotatable bonds is 7. The highest BCUT2D eigenvalue weighted by Gasteiger charge is 2.37. The molecule has 0 radical (unpaired) electrons. The first-order valence-corrected chi connectivity index (χ1v) is 19.0. The maximum Gasteiger partial charge on any atom is 0.238 e. The molecule has 1 unspecified atom stereocenters. The Bertz CT molecular complexity index is 2940. The van der Waals surface area contributed by atoms with E-state index in [2.05, 4.69) is 60.9 Å². The van der Waals surface area contributed by atoms with E-state index in [9.17, 15) is 9.59 Å². The summed E-state index contributed by atoms with van der Waals surface area (Å²) in [6, 6.07) is 45.4. The van der Waals surface area contributed by atoms with Crippen molar-refractivity contribution in [3.8, 4) is 28.5 Å². The maximum atomic E-state index is 13.9.